The highest BCUT2D eigenvalue weighted by molar-refractivity contribution is 6.29. The smallest absolute Gasteiger partial charge is 0.152 e. The Kier molecular flexibility index (Phi) is 4.77. The molecule has 3 aromatic heterocycles. The molecule has 0 unspecified atom stereocenters. The van der Waals surface area contributed by atoms with Crippen LogP contribution in [0.5, 0.6) is 0 Å². The molecule has 0 amide bonds. The van der Waals surface area contributed by atoms with E-state index in [1.54, 1.807) is 12.1 Å². The number of nitriles is 1. The Balaban J connectivity index is 1.83. The van der Waals surface area contributed by atoms with E-state index in [0.29, 0.717) is 22.1 Å². The van der Waals surface area contributed by atoms with Gasteiger partial charge in [-0.15, -0.1) is 10.2 Å². The number of halogens is 1. The molecule has 7 heteroatoms. The predicted octanol–water partition coefficient (Wildman–Crippen LogP) is 5.13. The fourth-order valence-corrected chi connectivity index (χ4v) is 3.36. The van der Waals surface area contributed by atoms with Gasteiger partial charge < -0.3 is 0 Å². The third-order valence-electron chi connectivity index (χ3n) is 4.42. The zero-order valence-corrected chi connectivity index (χ0v) is 17.1. The first kappa shape index (κ1) is 19.0. The Bertz CT molecular complexity index is 1250. The minimum absolute atomic E-state index is 0.118. The van der Waals surface area contributed by atoms with Crippen LogP contribution in [0.2, 0.25) is 5.15 Å². The molecule has 0 aliphatic carbocycles. The first-order valence-corrected chi connectivity index (χ1v) is 9.57. The number of hydrogen-bond donors (Lipinski definition) is 0. The Labute approximate surface area is 173 Å². The summed E-state index contributed by atoms with van der Waals surface area (Å²) in [4.78, 5) is 4.57. The average Bonchev–Trinajstić information content (AvgIpc) is 3.13. The van der Waals surface area contributed by atoms with Crippen LogP contribution in [-0.4, -0.2) is 25.0 Å². The maximum absolute atomic E-state index is 9.34. The maximum atomic E-state index is 9.34. The van der Waals surface area contributed by atoms with Gasteiger partial charge in [-0.2, -0.15) is 10.4 Å². The molecule has 0 N–H and O–H groups in total. The molecule has 0 aliphatic rings. The van der Waals surface area contributed by atoms with Crippen molar-refractivity contribution in [2.45, 2.75) is 27.3 Å². The molecule has 4 aromatic rings. The van der Waals surface area contributed by atoms with Gasteiger partial charge in [0.05, 0.1) is 17.4 Å². The highest BCUT2D eigenvalue weighted by Gasteiger charge is 2.16. The molecule has 4 rings (SSSR count). The van der Waals surface area contributed by atoms with Crippen LogP contribution in [0.15, 0.2) is 48.8 Å². The van der Waals surface area contributed by atoms with E-state index in [0.717, 1.165) is 28.6 Å². The highest BCUT2D eigenvalue weighted by atomic mass is 35.5. The van der Waals surface area contributed by atoms with Gasteiger partial charge in [0, 0.05) is 34.8 Å². The fourth-order valence-electron chi connectivity index (χ4n) is 3.21. The van der Waals surface area contributed by atoms with Crippen molar-refractivity contribution in [1.29, 1.82) is 5.26 Å². The lowest BCUT2D eigenvalue weighted by atomic mass is 9.97. The van der Waals surface area contributed by atoms with Gasteiger partial charge >= 0.3 is 0 Å². The van der Waals surface area contributed by atoms with E-state index in [2.05, 4.69) is 47.1 Å². The first-order chi connectivity index (χ1) is 13.8. The lowest BCUT2D eigenvalue weighted by Crippen LogP contribution is -2.15. The van der Waals surface area contributed by atoms with Gasteiger partial charge in [-0.1, -0.05) is 44.5 Å². The van der Waals surface area contributed by atoms with Crippen LogP contribution in [-0.2, 0) is 6.54 Å². The topological polar surface area (TPSA) is 80.3 Å². The Morgan fingerprint density at radius 1 is 1.07 bits per heavy atom. The first-order valence-electron chi connectivity index (χ1n) is 9.20. The number of rotatable bonds is 3. The Morgan fingerprint density at radius 2 is 1.90 bits per heavy atom. The third kappa shape index (κ3) is 4.10. The summed E-state index contributed by atoms with van der Waals surface area (Å²) in [6.07, 6.45) is 3.84. The van der Waals surface area contributed by atoms with Gasteiger partial charge in [0.1, 0.15) is 11.8 Å². The average molecular weight is 403 g/mol. The second kappa shape index (κ2) is 7.26. The van der Waals surface area contributed by atoms with Crippen LogP contribution in [0.4, 0.5) is 0 Å². The van der Waals surface area contributed by atoms with Crippen molar-refractivity contribution in [3.05, 3.63) is 59.6 Å². The van der Waals surface area contributed by atoms with E-state index >= 15 is 0 Å². The summed E-state index contributed by atoms with van der Waals surface area (Å²) in [5, 5.41) is 23.2. The SMILES string of the molecule is CC(C)(C)Cn1cc(-c2ccc(C#N)nc2-c2ccc3cc(Cl)nnc3c2)cn1. The summed E-state index contributed by atoms with van der Waals surface area (Å²) in [6.45, 7) is 7.32. The lowest BCUT2D eigenvalue weighted by molar-refractivity contribution is 0.325. The number of hydrogen-bond acceptors (Lipinski definition) is 5. The van der Waals surface area contributed by atoms with E-state index in [1.165, 1.54) is 0 Å². The molecule has 0 saturated carbocycles. The molecule has 0 spiro atoms. The summed E-state index contributed by atoms with van der Waals surface area (Å²) in [6, 6.07) is 13.3. The maximum Gasteiger partial charge on any atom is 0.152 e. The second-order valence-corrected chi connectivity index (χ2v) is 8.52. The number of pyridine rings is 1. The van der Waals surface area contributed by atoms with Gasteiger partial charge in [-0.05, 0) is 29.7 Å². The molecule has 29 heavy (non-hydrogen) atoms. The standard InChI is InChI=1S/C22H19ClN6/c1-22(2,3)13-29-12-16(11-25-29)18-7-6-17(10-24)26-21(18)15-5-4-14-9-20(23)28-27-19(14)8-15/h4-9,11-12H,13H2,1-3H3. The highest BCUT2D eigenvalue weighted by Crippen LogP contribution is 2.32. The Morgan fingerprint density at radius 3 is 2.66 bits per heavy atom. The van der Waals surface area contributed by atoms with Crippen molar-refractivity contribution in [2.75, 3.05) is 0 Å². The molecule has 0 bridgehead atoms. The minimum atomic E-state index is 0.118. The fraction of sp³-hybridized carbons (Fsp3) is 0.227. The number of aromatic nitrogens is 5. The third-order valence-corrected chi connectivity index (χ3v) is 4.61. The van der Waals surface area contributed by atoms with Crippen molar-refractivity contribution in [1.82, 2.24) is 25.0 Å². The van der Waals surface area contributed by atoms with Gasteiger partial charge in [0.15, 0.2) is 5.15 Å². The molecule has 6 nitrogen and oxygen atoms in total. The largest absolute Gasteiger partial charge is 0.272 e. The van der Waals surface area contributed by atoms with Crippen LogP contribution in [0.3, 0.4) is 0 Å². The summed E-state index contributed by atoms with van der Waals surface area (Å²) in [5.74, 6) is 0. The summed E-state index contributed by atoms with van der Waals surface area (Å²) in [7, 11) is 0. The molecule has 1 aromatic carbocycles. The molecule has 144 valence electrons. The summed E-state index contributed by atoms with van der Waals surface area (Å²) < 4.78 is 1.94. The predicted molar refractivity (Wildman–Crippen MR) is 113 cm³/mol. The Hall–Kier alpha value is -3.30. The van der Waals surface area contributed by atoms with Crippen molar-refractivity contribution < 1.29 is 0 Å². The zero-order chi connectivity index (χ0) is 20.6. The molecular formula is C22H19ClN6. The van der Waals surface area contributed by atoms with Crippen molar-refractivity contribution >= 4 is 22.5 Å². The normalized spacial score (nSPS) is 11.6. The van der Waals surface area contributed by atoms with E-state index in [9.17, 15) is 5.26 Å². The number of benzene rings is 1. The summed E-state index contributed by atoms with van der Waals surface area (Å²) in [5.41, 5.74) is 4.60. The molecular weight excluding hydrogens is 384 g/mol. The lowest BCUT2D eigenvalue weighted by Gasteiger charge is -2.17. The zero-order valence-electron chi connectivity index (χ0n) is 16.4. The van der Waals surface area contributed by atoms with Crippen molar-refractivity contribution in [3.8, 4) is 28.5 Å². The molecule has 0 atom stereocenters. The molecule has 0 aliphatic heterocycles. The van der Waals surface area contributed by atoms with Crippen LogP contribution >= 0.6 is 11.6 Å². The quantitative estimate of drug-likeness (QED) is 0.474. The molecule has 0 saturated heterocycles. The van der Waals surface area contributed by atoms with Crippen molar-refractivity contribution in [3.63, 3.8) is 0 Å². The number of nitrogens with zero attached hydrogens (tertiary/aromatic N) is 6. The van der Waals surface area contributed by atoms with E-state index in [4.69, 9.17) is 11.6 Å². The van der Waals surface area contributed by atoms with Crippen LogP contribution < -0.4 is 0 Å². The van der Waals surface area contributed by atoms with E-state index in [-0.39, 0.29) is 5.41 Å². The summed E-state index contributed by atoms with van der Waals surface area (Å²) >= 11 is 5.94. The molecule has 0 radical (unpaired) electrons. The number of fused-ring (bicyclic) bond motifs is 1. The molecule has 3 heterocycles. The second-order valence-electron chi connectivity index (χ2n) is 8.13. The van der Waals surface area contributed by atoms with Gasteiger partial charge in [-0.3, -0.25) is 4.68 Å². The van der Waals surface area contributed by atoms with Gasteiger partial charge in [0.2, 0.25) is 0 Å². The van der Waals surface area contributed by atoms with Crippen LogP contribution in [0, 0.1) is 16.7 Å². The molecule has 0 fully saturated rings. The van der Waals surface area contributed by atoms with Gasteiger partial charge in [0.25, 0.3) is 0 Å². The van der Waals surface area contributed by atoms with E-state index in [1.807, 2.05) is 41.3 Å². The van der Waals surface area contributed by atoms with Crippen molar-refractivity contribution in [2.24, 2.45) is 5.41 Å². The van der Waals surface area contributed by atoms with E-state index < -0.39 is 0 Å². The van der Waals surface area contributed by atoms with Crippen LogP contribution in [0.25, 0.3) is 33.3 Å². The monoisotopic (exact) mass is 402 g/mol. The minimum Gasteiger partial charge on any atom is -0.272 e. The van der Waals surface area contributed by atoms with Gasteiger partial charge in [-0.25, -0.2) is 4.98 Å². The van der Waals surface area contributed by atoms with Crippen LogP contribution in [0.1, 0.15) is 26.5 Å².